The molecule has 2 aromatic carbocycles. The van der Waals surface area contributed by atoms with Crippen molar-refractivity contribution in [1.29, 1.82) is 0 Å². The van der Waals surface area contributed by atoms with Gasteiger partial charge in [0.1, 0.15) is 24.6 Å². The molecule has 0 bridgehead atoms. The van der Waals surface area contributed by atoms with Gasteiger partial charge in [-0.15, -0.1) is 15.3 Å². The van der Waals surface area contributed by atoms with Gasteiger partial charge < -0.3 is 14.8 Å². The molecule has 4 heterocycles. The molecule has 1 aliphatic heterocycles. The minimum atomic E-state index is -0.353. The zero-order chi connectivity index (χ0) is 25.5. The molecule has 1 atom stereocenters. The number of nitrogens with zero attached hydrogens (tertiary/aromatic N) is 6. The minimum Gasteiger partial charge on any atom is -0.493 e. The lowest BCUT2D eigenvalue weighted by molar-refractivity contribution is -0.116. The predicted octanol–water partition coefficient (Wildman–Crippen LogP) is 3.82. The summed E-state index contributed by atoms with van der Waals surface area (Å²) >= 11 is 0. The standard InChI is InChI=1S/C26H22FN7O3/c1-15-24-19(18-7-4-8-20(36-2)25(18)37-13-16-5-3-6-17(27)11-16)12-23(35)29-26(24)34(31-15)22-10-9-21-30-28-14-33(21)32-22/h3-11,14,19H,12-13H2,1-2H3,(H,29,35). The number of methoxy groups -OCH3 is 1. The van der Waals surface area contributed by atoms with Gasteiger partial charge in [0.05, 0.1) is 12.8 Å². The van der Waals surface area contributed by atoms with Crippen LogP contribution >= 0.6 is 0 Å². The van der Waals surface area contributed by atoms with Gasteiger partial charge in [-0.25, -0.2) is 4.39 Å². The van der Waals surface area contributed by atoms with E-state index < -0.39 is 0 Å². The molecule has 0 aliphatic carbocycles. The molecule has 6 rings (SSSR count). The summed E-state index contributed by atoms with van der Waals surface area (Å²) in [6.07, 6.45) is 1.70. The van der Waals surface area contributed by atoms with Gasteiger partial charge in [0.15, 0.2) is 23.0 Å². The maximum absolute atomic E-state index is 13.7. The van der Waals surface area contributed by atoms with Gasteiger partial charge in [-0.3, -0.25) is 4.79 Å². The van der Waals surface area contributed by atoms with E-state index in [1.165, 1.54) is 18.5 Å². The van der Waals surface area contributed by atoms with Crippen LogP contribution in [-0.2, 0) is 11.4 Å². The monoisotopic (exact) mass is 499 g/mol. The first-order valence-electron chi connectivity index (χ1n) is 11.6. The van der Waals surface area contributed by atoms with Gasteiger partial charge in [0.2, 0.25) is 5.91 Å². The first-order valence-corrected chi connectivity index (χ1v) is 11.6. The Morgan fingerprint density at radius 1 is 1.14 bits per heavy atom. The number of ether oxygens (including phenoxy) is 2. The third-order valence-electron chi connectivity index (χ3n) is 6.34. The molecule has 5 aromatic rings. The molecule has 1 N–H and O–H groups in total. The molecule has 1 amide bonds. The van der Waals surface area contributed by atoms with E-state index in [9.17, 15) is 9.18 Å². The van der Waals surface area contributed by atoms with Gasteiger partial charge in [0, 0.05) is 23.5 Å². The molecule has 3 aromatic heterocycles. The van der Waals surface area contributed by atoms with Gasteiger partial charge in [-0.2, -0.15) is 14.3 Å². The van der Waals surface area contributed by atoms with Crippen LogP contribution in [0.15, 0.2) is 60.9 Å². The van der Waals surface area contributed by atoms with Crippen molar-refractivity contribution in [2.75, 3.05) is 12.4 Å². The molecule has 1 unspecified atom stereocenters. The Bertz CT molecular complexity index is 1640. The molecule has 0 spiro atoms. The molecule has 11 heteroatoms. The molecule has 10 nitrogen and oxygen atoms in total. The number of fused-ring (bicyclic) bond motifs is 2. The van der Waals surface area contributed by atoms with Gasteiger partial charge >= 0.3 is 0 Å². The van der Waals surface area contributed by atoms with E-state index in [2.05, 4.69) is 20.6 Å². The number of nitrogens with one attached hydrogen (secondary N) is 1. The normalized spacial score (nSPS) is 14.9. The van der Waals surface area contributed by atoms with Crippen molar-refractivity contribution in [3.05, 3.63) is 89.1 Å². The van der Waals surface area contributed by atoms with Gasteiger partial charge in [-0.05, 0) is 42.8 Å². The van der Waals surface area contributed by atoms with Crippen LogP contribution in [0.4, 0.5) is 10.2 Å². The van der Waals surface area contributed by atoms with Crippen molar-refractivity contribution in [2.45, 2.75) is 25.9 Å². The molecular weight excluding hydrogens is 477 g/mol. The number of carbonyl (C=O) groups is 1. The van der Waals surface area contributed by atoms with Crippen molar-refractivity contribution in [2.24, 2.45) is 0 Å². The number of hydrogen-bond acceptors (Lipinski definition) is 7. The lowest BCUT2D eigenvalue weighted by atomic mass is 9.85. The average molecular weight is 500 g/mol. The molecule has 0 saturated heterocycles. The number of halogens is 1. The number of para-hydroxylation sites is 1. The maximum Gasteiger partial charge on any atom is 0.226 e. The lowest BCUT2D eigenvalue weighted by Crippen LogP contribution is -2.25. The summed E-state index contributed by atoms with van der Waals surface area (Å²) in [5.41, 5.74) is 3.65. The summed E-state index contributed by atoms with van der Waals surface area (Å²) in [7, 11) is 1.56. The van der Waals surface area contributed by atoms with Crippen molar-refractivity contribution >= 4 is 17.4 Å². The van der Waals surface area contributed by atoms with E-state index in [0.29, 0.717) is 34.3 Å². The second-order valence-corrected chi connectivity index (χ2v) is 8.69. The van der Waals surface area contributed by atoms with Crippen LogP contribution in [0.5, 0.6) is 11.5 Å². The summed E-state index contributed by atoms with van der Waals surface area (Å²) in [4.78, 5) is 12.9. The maximum atomic E-state index is 13.7. The van der Waals surface area contributed by atoms with Crippen molar-refractivity contribution in [3.8, 4) is 17.3 Å². The van der Waals surface area contributed by atoms with Gasteiger partial charge in [0.25, 0.3) is 0 Å². The summed E-state index contributed by atoms with van der Waals surface area (Å²) in [5.74, 6) is 1.21. The SMILES string of the molecule is COc1cccc(C2CC(=O)Nc3c2c(C)nn3-c2ccc3nncn3n2)c1OCc1cccc(F)c1. The second kappa shape index (κ2) is 9.01. The molecule has 0 radical (unpaired) electrons. The van der Waals surface area contributed by atoms with E-state index in [0.717, 1.165) is 16.8 Å². The summed E-state index contributed by atoms with van der Waals surface area (Å²) in [6.45, 7) is 2.03. The molecule has 1 aliphatic rings. The topological polar surface area (TPSA) is 108 Å². The Morgan fingerprint density at radius 2 is 2.00 bits per heavy atom. The van der Waals surface area contributed by atoms with Crippen LogP contribution in [0.3, 0.4) is 0 Å². The van der Waals surface area contributed by atoms with Crippen molar-refractivity contribution in [3.63, 3.8) is 0 Å². The van der Waals surface area contributed by atoms with Crippen LogP contribution in [-0.4, -0.2) is 42.6 Å². The third-order valence-corrected chi connectivity index (χ3v) is 6.34. The van der Waals surface area contributed by atoms with E-state index in [1.807, 2.05) is 19.1 Å². The highest BCUT2D eigenvalue weighted by Crippen LogP contribution is 2.45. The van der Waals surface area contributed by atoms with E-state index in [4.69, 9.17) is 14.6 Å². The zero-order valence-electron chi connectivity index (χ0n) is 20.1. The first kappa shape index (κ1) is 22.7. The highest BCUT2D eigenvalue weighted by molar-refractivity contribution is 5.95. The van der Waals surface area contributed by atoms with Crippen LogP contribution in [0.25, 0.3) is 11.5 Å². The van der Waals surface area contributed by atoms with Crippen LogP contribution in [0.2, 0.25) is 0 Å². The first-order chi connectivity index (χ1) is 18.0. The summed E-state index contributed by atoms with van der Waals surface area (Å²) in [5, 5.41) is 20.1. The highest BCUT2D eigenvalue weighted by atomic mass is 19.1. The fourth-order valence-electron chi connectivity index (χ4n) is 4.71. The third kappa shape index (κ3) is 4.03. The van der Waals surface area contributed by atoms with Crippen molar-refractivity contribution in [1.82, 2.24) is 29.6 Å². The van der Waals surface area contributed by atoms with E-state index in [-0.39, 0.29) is 30.7 Å². The average Bonchev–Trinajstić information content (AvgIpc) is 3.50. The molecule has 37 heavy (non-hydrogen) atoms. The number of rotatable bonds is 6. The Kier molecular flexibility index (Phi) is 5.52. The Morgan fingerprint density at radius 3 is 2.84 bits per heavy atom. The molecule has 0 saturated carbocycles. The minimum absolute atomic E-state index is 0.137. The Balaban J connectivity index is 1.43. The number of benzene rings is 2. The number of amides is 1. The van der Waals surface area contributed by atoms with Crippen LogP contribution in [0, 0.1) is 12.7 Å². The lowest BCUT2D eigenvalue weighted by Gasteiger charge is -2.26. The smallest absolute Gasteiger partial charge is 0.226 e. The largest absolute Gasteiger partial charge is 0.493 e. The number of aromatic nitrogens is 6. The highest BCUT2D eigenvalue weighted by Gasteiger charge is 2.35. The van der Waals surface area contributed by atoms with Crippen molar-refractivity contribution < 1.29 is 18.7 Å². The number of aryl methyl sites for hydroxylation is 1. The Labute approximate surface area is 210 Å². The van der Waals surface area contributed by atoms with Crippen LogP contribution in [0.1, 0.15) is 34.7 Å². The van der Waals surface area contributed by atoms with Gasteiger partial charge in [-0.1, -0.05) is 24.3 Å². The fraction of sp³-hybridized carbons (Fsp3) is 0.192. The molecular formula is C26H22FN7O3. The molecule has 186 valence electrons. The fourth-order valence-corrected chi connectivity index (χ4v) is 4.71. The van der Waals surface area contributed by atoms with E-state index >= 15 is 0 Å². The number of hydrogen-bond donors (Lipinski definition) is 1. The number of anilines is 1. The quantitative estimate of drug-likeness (QED) is 0.378. The second-order valence-electron chi connectivity index (χ2n) is 8.69. The predicted molar refractivity (Wildman–Crippen MR) is 131 cm³/mol. The van der Waals surface area contributed by atoms with Crippen LogP contribution < -0.4 is 14.8 Å². The summed E-state index contributed by atoms with van der Waals surface area (Å²) < 4.78 is 28.7. The number of carbonyl (C=O) groups excluding carboxylic acids is 1. The Hall–Kier alpha value is -4.80. The molecule has 0 fully saturated rings. The zero-order valence-corrected chi connectivity index (χ0v) is 20.1. The van der Waals surface area contributed by atoms with E-state index in [1.54, 1.807) is 46.6 Å². The summed E-state index contributed by atoms with van der Waals surface area (Å²) in [6, 6.07) is 15.3.